The average molecular weight is 467 g/mol. The highest BCUT2D eigenvalue weighted by molar-refractivity contribution is 7.89. The summed E-state index contributed by atoms with van der Waals surface area (Å²) in [5.74, 6) is -0.160. The smallest absolute Gasteiger partial charge is 0.244 e. The van der Waals surface area contributed by atoms with E-state index in [2.05, 4.69) is 0 Å². The van der Waals surface area contributed by atoms with Crippen LogP contribution >= 0.6 is 0 Å². The minimum absolute atomic E-state index is 0.0109. The first-order chi connectivity index (χ1) is 15.8. The zero-order valence-corrected chi connectivity index (χ0v) is 19.3. The highest BCUT2D eigenvalue weighted by Crippen LogP contribution is 2.33. The molecule has 2 heterocycles. The maximum atomic E-state index is 13.1. The van der Waals surface area contributed by atoms with Gasteiger partial charge in [-0.25, -0.2) is 8.42 Å². The van der Waals surface area contributed by atoms with Crippen LogP contribution in [-0.4, -0.2) is 67.1 Å². The summed E-state index contributed by atoms with van der Waals surface area (Å²) >= 11 is 0. The topological polar surface area (TPSA) is 102 Å². The van der Waals surface area contributed by atoms with Gasteiger partial charge in [0.15, 0.2) is 0 Å². The Labute approximate surface area is 194 Å². The molecule has 0 radical (unpaired) electrons. The molecule has 8 nitrogen and oxygen atoms in total. The van der Waals surface area contributed by atoms with Gasteiger partial charge in [0.1, 0.15) is 6.07 Å². The third-order valence-corrected chi connectivity index (χ3v) is 8.36. The molecule has 0 aromatic heterocycles. The number of hydrogen-bond donors (Lipinski definition) is 0. The van der Waals surface area contributed by atoms with Crippen molar-refractivity contribution in [2.75, 3.05) is 32.7 Å². The quantitative estimate of drug-likeness (QED) is 0.685. The van der Waals surface area contributed by atoms with Gasteiger partial charge in [0, 0.05) is 39.6 Å². The second-order valence-corrected chi connectivity index (χ2v) is 10.2. The molecule has 2 aliphatic heterocycles. The van der Waals surface area contributed by atoms with Gasteiger partial charge >= 0.3 is 0 Å². The van der Waals surface area contributed by atoms with Crippen molar-refractivity contribution in [1.82, 2.24) is 14.1 Å². The van der Waals surface area contributed by atoms with Gasteiger partial charge < -0.3 is 9.80 Å². The van der Waals surface area contributed by atoms with Crippen molar-refractivity contribution in [2.45, 2.75) is 30.7 Å². The van der Waals surface area contributed by atoms with Gasteiger partial charge in [-0.05, 0) is 29.7 Å². The molecular weight excluding hydrogens is 440 g/mol. The van der Waals surface area contributed by atoms with Crippen molar-refractivity contribution in [3.05, 3.63) is 65.2 Å². The summed E-state index contributed by atoms with van der Waals surface area (Å²) in [6, 6.07) is 15.6. The van der Waals surface area contributed by atoms with Crippen LogP contribution in [0.2, 0.25) is 0 Å². The molecule has 2 aromatic rings. The van der Waals surface area contributed by atoms with Crippen LogP contribution < -0.4 is 0 Å². The van der Waals surface area contributed by atoms with Crippen LogP contribution in [0.3, 0.4) is 0 Å². The molecule has 2 aromatic carbocycles. The first kappa shape index (κ1) is 23.0. The SMILES string of the molecule is CC(=O)N1CCc2ccccc2C1CC(=O)N1CCN(S(=O)(=O)c2ccccc2C#N)CC1. The van der Waals surface area contributed by atoms with Crippen molar-refractivity contribution in [3.8, 4) is 6.07 Å². The molecule has 4 rings (SSSR count). The predicted molar refractivity (Wildman–Crippen MR) is 121 cm³/mol. The minimum atomic E-state index is -3.82. The molecule has 0 spiro atoms. The van der Waals surface area contributed by atoms with Crippen molar-refractivity contribution in [3.63, 3.8) is 0 Å². The molecule has 1 atom stereocenters. The second-order valence-electron chi connectivity index (χ2n) is 8.27. The monoisotopic (exact) mass is 466 g/mol. The third-order valence-electron chi connectivity index (χ3n) is 6.40. The van der Waals surface area contributed by atoms with Gasteiger partial charge in [-0.1, -0.05) is 36.4 Å². The number of nitrogens with zero attached hydrogens (tertiary/aromatic N) is 4. The van der Waals surface area contributed by atoms with E-state index in [0.29, 0.717) is 6.54 Å². The number of sulfonamides is 1. The van der Waals surface area contributed by atoms with Crippen LogP contribution in [0, 0.1) is 11.3 Å². The molecule has 9 heteroatoms. The largest absolute Gasteiger partial charge is 0.340 e. The molecule has 1 saturated heterocycles. The number of hydrogen-bond acceptors (Lipinski definition) is 5. The van der Waals surface area contributed by atoms with Gasteiger partial charge in [-0.15, -0.1) is 0 Å². The average Bonchev–Trinajstić information content (AvgIpc) is 2.84. The van der Waals surface area contributed by atoms with Crippen LogP contribution in [0.15, 0.2) is 53.4 Å². The van der Waals surface area contributed by atoms with Crippen LogP contribution in [0.1, 0.15) is 36.1 Å². The molecule has 2 aliphatic rings. The Morgan fingerprint density at radius 3 is 2.36 bits per heavy atom. The number of carbonyl (C=O) groups excluding carboxylic acids is 2. The fourth-order valence-corrected chi connectivity index (χ4v) is 6.21. The fourth-order valence-electron chi connectivity index (χ4n) is 4.64. The standard InChI is InChI=1S/C24H26N4O4S/c1-18(29)28-11-10-19-6-2-4-8-21(19)22(28)16-24(30)26-12-14-27(15-13-26)33(31,32)23-9-5-3-7-20(23)17-25/h2-9,22H,10-16H2,1H3. The summed E-state index contributed by atoms with van der Waals surface area (Å²) < 4.78 is 27.4. The van der Waals surface area contributed by atoms with E-state index in [9.17, 15) is 23.3 Å². The van der Waals surface area contributed by atoms with Crippen molar-refractivity contribution in [1.29, 1.82) is 5.26 Å². The van der Waals surface area contributed by atoms with E-state index < -0.39 is 10.0 Å². The number of benzene rings is 2. The number of rotatable bonds is 4. The summed E-state index contributed by atoms with van der Waals surface area (Å²) in [6.07, 6.45) is 0.932. The molecule has 0 saturated carbocycles. The number of amides is 2. The summed E-state index contributed by atoms with van der Waals surface area (Å²) in [6.45, 7) is 2.95. The molecule has 33 heavy (non-hydrogen) atoms. The first-order valence-electron chi connectivity index (χ1n) is 10.9. The molecule has 0 bridgehead atoms. The van der Waals surface area contributed by atoms with Crippen LogP contribution in [0.25, 0.3) is 0 Å². The lowest BCUT2D eigenvalue weighted by Crippen LogP contribution is -2.51. The van der Waals surface area contributed by atoms with Crippen molar-refractivity contribution < 1.29 is 18.0 Å². The van der Waals surface area contributed by atoms with Crippen LogP contribution in [0.5, 0.6) is 0 Å². The Kier molecular flexibility index (Phi) is 6.49. The van der Waals surface area contributed by atoms with Gasteiger partial charge in [0.25, 0.3) is 0 Å². The predicted octanol–water partition coefficient (Wildman–Crippen LogP) is 1.93. The zero-order valence-electron chi connectivity index (χ0n) is 18.5. The molecular formula is C24H26N4O4S. The minimum Gasteiger partial charge on any atom is -0.340 e. The highest BCUT2D eigenvalue weighted by atomic mass is 32.2. The Hall–Kier alpha value is -3.22. The Bertz CT molecular complexity index is 1210. The Morgan fingerprint density at radius 2 is 1.67 bits per heavy atom. The number of fused-ring (bicyclic) bond motifs is 1. The Morgan fingerprint density at radius 1 is 1.00 bits per heavy atom. The van der Waals surface area contributed by atoms with E-state index in [1.54, 1.807) is 21.9 Å². The highest BCUT2D eigenvalue weighted by Gasteiger charge is 2.35. The lowest BCUT2D eigenvalue weighted by atomic mass is 9.90. The van der Waals surface area contributed by atoms with E-state index in [0.717, 1.165) is 17.5 Å². The summed E-state index contributed by atoms with van der Waals surface area (Å²) in [5, 5.41) is 9.27. The van der Waals surface area contributed by atoms with E-state index >= 15 is 0 Å². The summed E-state index contributed by atoms with van der Waals surface area (Å²) in [4.78, 5) is 28.8. The summed E-state index contributed by atoms with van der Waals surface area (Å²) in [5.41, 5.74) is 2.26. The second kappa shape index (κ2) is 9.33. The van der Waals surface area contributed by atoms with E-state index in [-0.39, 0.29) is 60.9 Å². The van der Waals surface area contributed by atoms with Crippen LogP contribution in [-0.2, 0) is 26.0 Å². The normalized spacial score (nSPS) is 19.0. The molecule has 2 amide bonds. The zero-order chi connectivity index (χ0) is 23.6. The van der Waals surface area contributed by atoms with Gasteiger partial charge in [-0.2, -0.15) is 9.57 Å². The van der Waals surface area contributed by atoms with E-state index in [1.807, 2.05) is 30.3 Å². The molecule has 0 aliphatic carbocycles. The first-order valence-corrected chi connectivity index (χ1v) is 12.4. The number of piperazine rings is 1. The molecule has 1 fully saturated rings. The number of carbonyl (C=O) groups is 2. The molecule has 172 valence electrons. The lowest BCUT2D eigenvalue weighted by molar-refractivity contribution is -0.137. The van der Waals surface area contributed by atoms with E-state index in [4.69, 9.17) is 0 Å². The summed E-state index contributed by atoms with van der Waals surface area (Å²) in [7, 11) is -3.82. The van der Waals surface area contributed by atoms with Gasteiger partial charge in [-0.3, -0.25) is 9.59 Å². The maximum Gasteiger partial charge on any atom is 0.244 e. The molecule has 1 unspecified atom stereocenters. The Balaban J connectivity index is 1.46. The molecule has 0 N–H and O–H groups in total. The van der Waals surface area contributed by atoms with Crippen LogP contribution in [0.4, 0.5) is 0 Å². The fraction of sp³-hybridized carbons (Fsp3) is 0.375. The lowest BCUT2D eigenvalue weighted by Gasteiger charge is -2.39. The van der Waals surface area contributed by atoms with E-state index in [1.165, 1.54) is 23.4 Å². The maximum absolute atomic E-state index is 13.1. The van der Waals surface area contributed by atoms with Gasteiger partial charge in [0.05, 0.1) is 22.9 Å². The van der Waals surface area contributed by atoms with Crippen molar-refractivity contribution in [2.24, 2.45) is 0 Å². The van der Waals surface area contributed by atoms with Gasteiger partial charge in [0.2, 0.25) is 21.8 Å². The number of nitriles is 1. The third kappa shape index (κ3) is 4.49. The van der Waals surface area contributed by atoms with Crippen molar-refractivity contribution >= 4 is 21.8 Å².